The molecular formula is C6H15NOSi. The average molecular weight is 145 g/mol. The van der Waals surface area contributed by atoms with Gasteiger partial charge in [0.25, 0.3) is 0 Å². The van der Waals surface area contributed by atoms with Crippen LogP contribution in [-0.4, -0.2) is 21.5 Å². The Kier molecular flexibility index (Phi) is 2.27. The van der Waals surface area contributed by atoms with Gasteiger partial charge < -0.3 is 10.1 Å². The predicted molar refractivity (Wildman–Crippen MR) is 40.9 cm³/mol. The maximum absolute atomic E-state index is 5.65. The van der Waals surface area contributed by atoms with Gasteiger partial charge in [0.1, 0.15) is 9.68 Å². The minimum Gasteiger partial charge on any atom is -0.378 e. The van der Waals surface area contributed by atoms with Crippen molar-refractivity contribution in [3.63, 3.8) is 0 Å². The van der Waals surface area contributed by atoms with Crippen molar-refractivity contribution in [1.82, 2.24) is 0 Å². The van der Waals surface area contributed by atoms with E-state index >= 15 is 0 Å². The molecule has 0 aromatic carbocycles. The van der Waals surface area contributed by atoms with E-state index in [0.717, 1.165) is 6.61 Å². The Labute approximate surface area is 58.7 Å². The van der Waals surface area contributed by atoms with Crippen molar-refractivity contribution in [3.8, 4) is 0 Å². The molecule has 1 heterocycles. The third-order valence-electron chi connectivity index (χ3n) is 1.98. The normalized spacial score (nSPS) is 38.0. The van der Waals surface area contributed by atoms with Gasteiger partial charge in [-0.15, -0.1) is 0 Å². The largest absolute Gasteiger partial charge is 0.378 e. The molecule has 54 valence electrons. The molecule has 0 aromatic heterocycles. The molecule has 2 nitrogen and oxygen atoms in total. The molecule has 1 atom stereocenters. The topological polar surface area (TPSA) is 35.2 Å². The number of hydrogen-bond donors (Lipinski definition) is 1. The van der Waals surface area contributed by atoms with E-state index in [4.69, 9.17) is 10.1 Å². The van der Waals surface area contributed by atoms with Crippen LogP contribution in [0.2, 0.25) is 0 Å². The number of ether oxygens (including phenoxy) is 1. The Morgan fingerprint density at radius 3 is 2.67 bits per heavy atom. The van der Waals surface area contributed by atoms with Crippen LogP contribution in [0, 0.1) is 0 Å². The Hall–Kier alpha value is 0.137. The van der Waals surface area contributed by atoms with Gasteiger partial charge in [0.2, 0.25) is 0 Å². The van der Waals surface area contributed by atoms with E-state index in [1.54, 1.807) is 0 Å². The van der Waals surface area contributed by atoms with Crippen LogP contribution < -0.4 is 5.40 Å². The van der Waals surface area contributed by atoms with Crippen LogP contribution in [-0.2, 0) is 4.74 Å². The summed E-state index contributed by atoms with van der Waals surface area (Å²) in [5.74, 6) is 0. The molecule has 1 rings (SSSR count). The third kappa shape index (κ3) is 1.78. The van der Waals surface area contributed by atoms with Crippen molar-refractivity contribution in [2.24, 2.45) is 5.40 Å². The molecule has 1 aliphatic heterocycles. The van der Waals surface area contributed by atoms with E-state index < -0.39 is 9.68 Å². The number of hydrogen-bond acceptors (Lipinski definition) is 2. The second kappa shape index (κ2) is 2.81. The van der Waals surface area contributed by atoms with Gasteiger partial charge in [-0.05, 0) is 26.2 Å². The Morgan fingerprint density at radius 2 is 2.33 bits per heavy atom. The molecule has 1 unspecified atom stereocenters. The fourth-order valence-corrected chi connectivity index (χ4v) is 1.87. The van der Waals surface area contributed by atoms with Crippen LogP contribution >= 0.6 is 0 Å². The average Bonchev–Trinajstić information content (AvgIpc) is 1.90. The maximum atomic E-state index is 5.65. The summed E-state index contributed by atoms with van der Waals surface area (Å²) in [6.45, 7) is 3.08. The summed E-state index contributed by atoms with van der Waals surface area (Å²) in [4.78, 5) is 0. The molecule has 3 heteroatoms. The first-order valence-corrected chi connectivity index (χ1v) is 5.13. The summed E-state index contributed by atoms with van der Waals surface area (Å²) < 4.78 is 5.55. The number of nitrogens with two attached hydrogens (primary N) is 1. The summed E-state index contributed by atoms with van der Waals surface area (Å²) in [6.07, 6.45) is 3.72. The van der Waals surface area contributed by atoms with Crippen molar-refractivity contribution >= 4 is 9.68 Å². The van der Waals surface area contributed by atoms with Crippen molar-refractivity contribution in [1.29, 1.82) is 0 Å². The quantitative estimate of drug-likeness (QED) is 0.525. The summed E-state index contributed by atoms with van der Waals surface area (Å²) in [7, 11) is -0.450. The Bertz CT molecular complexity index is 91.1. The highest BCUT2D eigenvalue weighted by Crippen LogP contribution is 2.21. The molecule has 9 heavy (non-hydrogen) atoms. The lowest BCUT2D eigenvalue weighted by atomic mass is 10.1. The highest BCUT2D eigenvalue weighted by atomic mass is 28.2. The minimum atomic E-state index is -0.450. The lowest BCUT2D eigenvalue weighted by Gasteiger charge is -2.31. The van der Waals surface area contributed by atoms with Gasteiger partial charge in [0.15, 0.2) is 0 Å². The molecule has 2 N–H and O–H groups in total. The van der Waals surface area contributed by atoms with Crippen molar-refractivity contribution in [3.05, 3.63) is 0 Å². The van der Waals surface area contributed by atoms with Gasteiger partial charge >= 0.3 is 0 Å². The highest BCUT2D eigenvalue weighted by Gasteiger charge is 2.25. The van der Waals surface area contributed by atoms with Gasteiger partial charge in [-0.2, -0.15) is 0 Å². The van der Waals surface area contributed by atoms with Gasteiger partial charge in [0, 0.05) is 6.61 Å². The maximum Gasteiger partial charge on any atom is 0.125 e. The molecule has 1 aliphatic rings. The third-order valence-corrected chi connectivity index (χ3v) is 3.40. The molecule has 1 fully saturated rings. The zero-order valence-electron chi connectivity index (χ0n) is 6.02. The summed E-state index contributed by atoms with van der Waals surface area (Å²) in [5.41, 5.74) is 0. The fourth-order valence-electron chi connectivity index (χ4n) is 1.15. The molecule has 0 aromatic rings. The summed E-state index contributed by atoms with van der Waals surface area (Å²) >= 11 is 0. The van der Waals surface area contributed by atoms with E-state index in [9.17, 15) is 0 Å². The molecule has 0 saturated carbocycles. The van der Waals surface area contributed by atoms with Crippen LogP contribution in [0.3, 0.4) is 0 Å². The van der Waals surface area contributed by atoms with Crippen LogP contribution in [0.15, 0.2) is 0 Å². The van der Waals surface area contributed by atoms with E-state index in [0.29, 0.717) is 0 Å². The molecule has 0 bridgehead atoms. The molecule has 0 aliphatic carbocycles. The standard InChI is InChI=1S/C6H15NOSi/c1-6(9-7)4-2-3-5-8-6/h2-5,7,9H2,1H3. The van der Waals surface area contributed by atoms with Crippen molar-refractivity contribution < 1.29 is 4.74 Å². The zero-order chi connectivity index (χ0) is 6.74. The molecular weight excluding hydrogens is 130 g/mol. The highest BCUT2D eigenvalue weighted by molar-refractivity contribution is 6.35. The Balaban J connectivity index is 2.37. The van der Waals surface area contributed by atoms with Crippen LogP contribution in [0.5, 0.6) is 0 Å². The van der Waals surface area contributed by atoms with E-state index in [2.05, 4.69) is 6.92 Å². The first-order valence-electron chi connectivity index (χ1n) is 3.61. The van der Waals surface area contributed by atoms with Crippen molar-refractivity contribution in [2.75, 3.05) is 6.61 Å². The lowest BCUT2D eigenvalue weighted by molar-refractivity contribution is -0.00726. The smallest absolute Gasteiger partial charge is 0.125 e. The van der Waals surface area contributed by atoms with Gasteiger partial charge in [0.05, 0.1) is 5.22 Å². The second-order valence-electron chi connectivity index (χ2n) is 2.96. The van der Waals surface area contributed by atoms with Gasteiger partial charge in [-0.25, -0.2) is 0 Å². The first kappa shape index (κ1) is 7.25. The molecule has 0 radical (unpaired) electrons. The first-order chi connectivity index (χ1) is 4.27. The molecule has 0 amide bonds. The fraction of sp³-hybridized carbons (Fsp3) is 1.00. The molecule has 1 saturated heterocycles. The number of rotatable bonds is 1. The van der Waals surface area contributed by atoms with Crippen LogP contribution in [0.1, 0.15) is 26.2 Å². The zero-order valence-corrected chi connectivity index (χ0v) is 7.44. The van der Waals surface area contributed by atoms with E-state index in [-0.39, 0.29) is 5.22 Å². The monoisotopic (exact) mass is 145 g/mol. The second-order valence-corrected chi connectivity index (χ2v) is 4.86. The van der Waals surface area contributed by atoms with Gasteiger partial charge in [-0.3, -0.25) is 0 Å². The Morgan fingerprint density at radius 1 is 1.56 bits per heavy atom. The SMILES string of the molecule is CC1([SiH2]N)CCCCO1. The van der Waals surface area contributed by atoms with E-state index in [1.165, 1.54) is 19.3 Å². The van der Waals surface area contributed by atoms with E-state index in [1.807, 2.05) is 0 Å². The van der Waals surface area contributed by atoms with Gasteiger partial charge in [-0.1, -0.05) is 0 Å². The molecule has 0 spiro atoms. The lowest BCUT2D eigenvalue weighted by Crippen LogP contribution is -2.43. The minimum absolute atomic E-state index is 0.137. The van der Waals surface area contributed by atoms with Crippen molar-refractivity contribution in [2.45, 2.75) is 31.4 Å². The van der Waals surface area contributed by atoms with Crippen LogP contribution in [0.25, 0.3) is 0 Å². The summed E-state index contributed by atoms with van der Waals surface area (Å²) in [5, 5.41) is 5.79. The van der Waals surface area contributed by atoms with Crippen LogP contribution in [0.4, 0.5) is 0 Å². The predicted octanol–water partition coefficient (Wildman–Crippen LogP) is -0.0544. The summed E-state index contributed by atoms with van der Waals surface area (Å²) in [6, 6.07) is 0.